The number of aryl methyl sites for hydroxylation is 1. The minimum absolute atomic E-state index is 0.0752. The van der Waals surface area contributed by atoms with E-state index < -0.39 is 5.82 Å². The normalized spacial score (nSPS) is 15.5. The predicted octanol–water partition coefficient (Wildman–Crippen LogP) is 4.60. The Morgan fingerprint density at radius 1 is 1.32 bits per heavy atom. The number of nitriles is 1. The lowest BCUT2D eigenvalue weighted by molar-refractivity contribution is 0.208. The summed E-state index contributed by atoms with van der Waals surface area (Å²) in [5.41, 5.74) is 2.97. The van der Waals surface area contributed by atoms with Crippen LogP contribution in [-0.2, 0) is 6.42 Å². The van der Waals surface area contributed by atoms with Crippen LogP contribution in [0.4, 0.5) is 4.39 Å². The van der Waals surface area contributed by atoms with E-state index in [1.54, 1.807) is 19.2 Å². The number of aromatic amines is 1. The Bertz CT molecular complexity index is 1250. The van der Waals surface area contributed by atoms with Gasteiger partial charge in [0.05, 0.1) is 17.3 Å². The van der Waals surface area contributed by atoms with Crippen LogP contribution in [0.25, 0.3) is 22.4 Å². The lowest BCUT2D eigenvalue weighted by Gasteiger charge is -2.15. The smallest absolute Gasteiger partial charge is 0.191 e. The molecule has 2 aromatic heterocycles. The number of aromatic nitrogens is 3. The average molecular weight is 374 g/mol. The molecular formula is C21H15FN4O2. The van der Waals surface area contributed by atoms with E-state index in [1.165, 1.54) is 6.07 Å². The van der Waals surface area contributed by atoms with Crippen molar-refractivity contribution < 1.29 is 13.5 Å². The number of hydrogen-bond acceptors (Lipinski definition) is 5. The molecule has 0 spiro atoms. The molecule has 0 amide bonds. The second-order valence-electron chi connectivity index (χ2n) is 6.77. The summed E-state index contributed by atoms with van der Waals surface area (Å²) in [6.07, 6.45) is 2.61. The van der Waals surface area contributed by atoms with Crippen LogP contribution in [0.3, 0.4) is 0 Å². The van der Waals surface area contributed by atoms with Crippen molar-refractivity contribution in [1.29, 1.82) is 5.26 Å². The number of fused-ring (bicyclic) bond motifs is 2. The van der Waals surface area contributed by atoms with Gasteiger partial charge in [0.25, 0.3) is 0 Å². The molecule has 5 rings (SSSR count). The highest BCUT2D eigenvalue weighted by atomic mass is 19.1. The number of benzene rings is 2. The van der Waals surface area contributed by atoms with E-state index in [1.807, 2.05) is 24.3 Å². The van der Waals surface area contributed by atoms with Gasteiger partial charge in [0, 0.05) is 12.3 Å². The van der Waals surface area contributed by atoms with Gasteiger partial charge in [-0.1, -0.05) is 6.07 Å². The largest absolute Gasteiger partial charge is 0.486 e. The van der Waals surface area contributed by atoms with Gasteiger partial charge in [-0.05, 0) is 48.2 Å². The summed E-state index contributed by atoms with van der Waals surface area (Å²) in [5, 5.41) is 17.2. The zero-order valence-electron chi connectivity index (χ0n) is 15.0. The van der Waals surface area contributed by atoms with Crippen molar-refractivity contribution in [2.45, 2.75) is 25.9 Å². The van der Waals surface area contributed by atoms with Crippen LogP contribution in [0.1, 0.15) is 35.1 Å². The van der Waals surface area contributed by atoms with Crippen LogP contribution >= 0.6 is 0 Å². The molecule has 1 N–H and O–H groups in total. The molecule has 0 bridgehead atoms. The summed E-state index contributed by atoms with van der Waals surface area (Å²) in [4.78, 5) is 4.12. The van der Waals surface area contributed by atoms with E-state index in [4.69, 9.17) is 14.4 Å². The molecule has 1 aliphatic rings. The predicted molar refractivity (Wildman–Crippen MR) is 99.1 cm³/mol. The van der Waals surface area contributed by atoms with Crippen molar-refractivity contribution in [3.05, 3.63) is 64.9 Å². The highest BCUT2D eigenvalue weighted by molar-refractivity contribution is 5.92. The maximum atomic E-state index is 14.4. The molecule has 0 saturated carbocycles. The van der Waals surface area contributed by atoms with Gasteiger partial charge in [-0.2, -0.15) is 10.4 Å². The molecule has 2 heterocycles. The Balaban J connectivity index is 1.49. The van der Waals surface area contributed by atoms with Gasteiger partial charge in [-0.3, -0.25) is 5.10 Å². The molecule has 0 unspecified atom stereocenters. The fourth-order valence-corrected chi connectivity index (χ4v) is 3.72. The molecule has 0 saturated heterocycles. The number of rotatable bonds is 3. The Hall–Kier alpha value is -3.66. The van der Waals surface area contributed by atoms with Crippen molar-refractivity contribution in [1.82, 2.24) is 15.2 Å². The molecule has 0 aliphatic heterocycles. The SMILES string of the molecule is Cc1ncc(-c2n[nH]c3ccc(O[C@@H]4CCc5c4ccc(C#N)c5F)cc23)o1. The third kappa shape index (κ3) is 2.54. The number of halogens is 1. The van der Waals surface area contributed by atoms with Crippen molar-refractivity contribution in [3.63, 3.8) is 0 Å². The summed E-state index contributed by atoms with van der Waals surface area (Å²) in [7, 11) is 0. The average Bonchev–Trinajstić information content (AvgIpc) is 3.41. The molecular weight excluding hydrogens is 359 g/mol. The fraction of sp³-hybridized carbons (Fsp3) is 0.190. The summed E-state index contributed by atoms with van der Waals surface area (Å²) >= 11 is 0. The van der Waals surface area contributed by atoms with Gasteiger partial charge in [0.2, 0.25) is 0 Å². The first kappa shape index (κ1) is 16.5. The van der Waals surface area contributed by atoms with Crippen LogP contribution in [0.2, 0.25) is 0 Å². The highest BCUT2D eigenvalue weighted by Crippen LogP contribution is 2.38. The number of H-pyrrole nitrogens is 1. The molecule has 0 fully saturated rings. The zero-order chi connectivity index (χ0) is 19.3. The fourth-order valence-electron chi connectivity index (χ4n) is 3.72. The number of ether oxygens (including phenoxy) is 1. The summed E-state index contributed by atoms with van der Waals surface area (Å²) < 4.78 is 26.1. The molecule has 4 aromatic rings. The molecule has 1 atom stereocenters. The number of nitrogens with one attached hydrogen (secondary N) is 1. The van der Waals surface area contributed by atoms with Gasteiger partial charge >= 0.3 is 0 Å². The lowest BCUT2D eigenvalue weighted by Crippen LogP contribution is -2.04. The third-order valence-electron chi connectivity index (χ3n) is 5.07. The van der Waals surface area contributed by atoms with E-state index in [0.29, 0.717) is 41.5 Å². The first-order valence-corrected chi connectivity index (χ1v) is 8.93. The first-order chi connectivity index (χ1) is 13.6. The zero-order valence-corrected chi connectivity index (χ0v) is 15.0. The highest BCUT2D eigenvalue weighted by Gasteiger charge is 2.28. The molecule has 7 heteroatoms. The standard InChI is InChI=1S/C21H15FN4O2/c1-11-24-10-19(27-11)21-16-8-13(3-6-17(16)25-26-21)28-18-7-5-15-14(18)4-2-12(9-23)20(15)22/h2-4,6,8,10,18H,5,7H2,1H3,(H,25,26)/t18-/m1/s1. The van der Waals surface area contributed by atoms with Gasteiger partial charge in [0.15, 0.2) is 11.7 Å². The van der Waals surface area contributed by atoms with E-state index in [-0.39, 0.29) is 11.7 Å². The third-order valence-corrected chi connectivity index (χ3v) is 5.07. The van der Waals surface area contributed by atoms with Crippen LogP contribution in [-0.4, -0.2) is 15.2 Å². The number of nitrogens with zero attached hydrogens (tertiary/aromatic N) is 3. The van der Waals surface area contributed by atoms with Gasteiger partial charge < -0.3 is 9.15 Å². The Labute approximate surface area is 159 Å². The summed E-state index contributed by atoms with van der Waals surface area (Å²) in [5.74, 6) is 1.38. The van der Waals surface area contributed by atoms with Crippen LogP contribution < -0.4 is 4.74 Å². The molecule has 28 heavy (non-hydrogen) atoms. The minimum atomic E-state index is -0.431. The van der Waals surface area contributed by atoms with E-state index in [0.717, 1.165) is 16.5 Å². The molecule has 6 nitrogen and oxygen atoms in total. The summed E-state index contributed by atoms with van der Waals surface area (Å²) in [6.45, 7) is 1.78. The van der Waals surface area contributed by atoms with Crippen LogP contribution in [0, 0.1) is 24.1 Å². The topological polar surface area (TPSA) is 87.7 Å². The number of hydrogen-bond donors (Lipinski definition) is 1. The van der Waals surface area contributed by atoms with Crippen molar-refractivity contribution >= 4 is 10.9 Å². The monoisotopic (exact) mass is 374 g/mol. The van der Waals surface area contributed by atoms with E-state index >= 15 is 0 Å². The second kappa shape index (κ2) is 6.20. The minimum Gasteiger partial charge on any atom is -0.486 e. The maximum Gasteiger partial charge on any atom is 0.191 e. The Morgan fingerprint density at radius 3 is 3.00 bits per heavy atom. The molecule has 138 valence electrons. The van der Waals surface area contributed by atoms with Gasteiger partial charge in [-0.25, -0.2) is 9.37 Å². The number of oxazole rings is 1. The summed E-state index contributed by atoms with van der Waals surface area (Å²) in [6, 6.07) is 10.8. The molecule has 2 aromatic carbocycles. The van der Waals surface area contributed by atoms with E-state index in [9.17, 15) is 4.39 Å². The van der Waals surface area contributed by atoms with Crippen LogP contribution in [0.15, 0.2) is 40.9 Å². The first-order valence-electron chi connectivity index (χ1n) is 8.93. The van der Waals surface area contributed by atoms with Gasteiger partial charge in [-0.15, -0.1) is 0 Å². The van der Waals surface area contributed by atoms with Gasteiger partial charge in [0.1, 0.15) is 29.4 Å². The van der Waals surface area contributed by atoms with Crippen molar-refractivity contribution in [2.75, 3.05) is 0 Å². The quantitative estimate of drug-likeness (QED) is 0.566. The lowest BCUT2D eigenvalue weighted by atomic mass is 10.1. The van der Waals surface area contributed by atoms with E-state index in [2.05, 4.69) is 15.2 Å². The van der Waals surface area contributed by atoms with Crippen molar-refractivity contribution in [2.24, 2.45) is 0 Å². The maximum absolute atomic E-state index is 14.4. The van der Waals surface area contributed by atoms with Crippen LogP contribution in [0.5, 0.6) is 5.75 Å². The van der Waals surface area contributed by atoms with Crippen molar-refractivity contribution in [3.8, 4) is 23.3 Å². The Morgan fingerprint density at radius 2 is 2.21 bits per heavy atom. The molecule has 1 aliphatic carbocycles. The Kier molecular flexibility index (Phi) is 3.66. The second-order valence-corrected chi connectivity index (χ2v) is 6.77. The molecule has 0 radical (unpaired) electrons.